The van der Waals surface area contributed by atoms with E-state index in [9.17, 15) is 23.1 Å². The number of unbranched alkanes of at least 4 members (excludes halogenated alkanes) is 1. The number of anilines is 1. The highest BCUT2D eigenvalue weighted by atomic mass is 32.2. The second kappa shape index (κ2) is 9.08. The minimum absolute atomic E-state index is 0.0200. The molecule has 0 saturated heterocycles. The molecule has 0 aliphatic carbocycles. The third-order valence-electron chi connectivity index (χ3n) is 4.58. The van der Waals surface area contributed by atoms with Crippen molar-refractivity contribution in [2.75, 3.05) is 11.4 Å². The van der Waals surface area contributed by atoms with Gasteiger partial charge < -0.3 is 10.4 Å². The van der Waals surface area contributed by atoms with E-state index in [0.717, 1.165) is 16.3 Å². The second-order valence-electron chi connectivity index (χ2n) is 6.80. The third kappa shape index (κ3) is 4.94. The number of amides is 1. The Bertz CT molecular complexity index is 983. The number of nitrogens with zero attached hydrogens (tertiary/aromatic N) is 3. The van der Waals surface area contributed by atoms with Crippen molar-refractivity contribution in [1.82, 2.24) is 15.1 Å². The zero-order valence-electron chi connectivity index (χ0n) is 16.9. The van der Waals surface area contributed by atoms with Gasteiger partial charge in [-0.25, -0.2) is 13.2 Å². The van der Waals surface area contributed by atoms with E-state index in [2.05, 4.69) is 10.4 Å². The molecule has 10 heteroatoms. The van der Waals surface area contributed by atoms with Gasteiger partial charge >= 0.3 is 5.97 Å². The predicted molar refractivity (Wildman–Crippen MR) is 108 cm³/mol. The number of benzene rings is 1. The third-order valence-corrected chi connectivity index (χ3v) is 6.34. The van der Waals surface area contributed by atoms with Crippen LogP contribution in [0.4, 0.5) is 5.82 Å². The fourth-order valence-electron chi connectivity index (χ4n) is 2.85. The first-order valence-electron chi connectivity index (χ1n) is 9.20. The predicted octanol–water partition coefficient (Wildman–Crippen LogP) is 1.93. The van der Waals surface area contributed by atoms with Crippen LogP contribution in [0, 0.1) is 6.92 Å². The lowest BCUT2D eigenvalue weighted by molar-refractivity contribution is -0.139. The van der Waals surface area contributed by atoms with Crippen molar-refractivity contribution >= 4 is 27.7 Å². The van der Waals surface area contributed by atoms with Gasteiger partial charge in [-0.05, 0) is 25.5 Å². The molecule has 158 valence electrons. The Morgan fingerprint density at radius 3 is 2.45 bits per heavy atom. The number of nitrogens with one attached hydrogen (secondary N) is 1. The van der Waals surface area contributed by atoms with Gasteiger partial charge in [0.15, 0.2) is 5.82 Å². The van der Waals surface area contributed by atoms with Crippen molar-refractivity contribution in [1.29, 1.82) is 0 Å². The van der Waals surface area contributed by atoms with Crippen molar-refractivity contribution in [2.45, 2.75) is 44.0 Å². The normalized spacial score (nSPS) is 12.4. The first kappa shape index (κ1) is 22.4. The number of sulfonamides is 1. The minimum atomic E-state index is -3.94. The summed E-state index contributed by atoms with van der Waals surface area (Å²) in [7, 11) is -1.10. The molecule has 1 aromatic heterocycles. The second-order valence-corrected chi connectivity index (χ2v) is 8.77. The van der Waals surface area contributed by atoms with Crippen molar-refractivity contribution in [2.24, 2.45) is 7.05 Å². The standard InChI is InChI=1S/C19H26N4O5S/c1-5-6-7-16(19(25)26)21-17(24)15-12-20-22(3)18(15)23(4)29(27,28)14-10-8-13(2)9-11-14/h8-12,16H,5-7H2,1-4H3,(H,21,24)(H,25,26). The molecule has 0 radical (unpaired) electrons. The lowest BCUT2D eigenvalue weighted by Crippen LogP contribution is -2.41. The van der Waals surface area contributed by atoms with Gasteiger partial charge in [0.1, 0.15) is 11.6 Å². The SMILES string of the molecule is CCCCC(NC(=O)c1cnn(C)c1N(C)S(=O)(=O)c1ccc(C)cc1)C(=O)O. The maximum atomic E-state index is 13.0. The van der Waals surface area contributed by atoms with Gasteiger partial charge in [-0.1, -0.05) is 37.5 Å². The van der Waals surface area contributed by atoms with E-state index < -0.39 is 27.9 Å². The molecule has 0 fully saturated rings. The van der Waals surface area contributed by atoms with Crippen LogP contribution in [0.25, 0.3) is 0 Å². The molecule has 0 saturated carbocycles. The summed E-state index contributed by atoms with van der Waals surface area (Å²) < 4.78 is 28.2. The van der Waals surface area contributed by atoms with Crippen LogP contribution in [0.3, 0.4) is 0 Å². The number of aromatic nitrogens is 2. The minimum Gasteiger partial charge on any atom is -0.480 e. The van der Waals surface area contributed by atoms with E-state index in [0.29, 0.717) is 6.42 Å². The summed E-state index contributed by atoms with van der Waals surface area (Å²) in [5.74, 6) is -1.79. The Morgan fingerprint density at radius 1 is 1.28 bits per heavy atom. The van der Waals surface area contributed by atoms with Crippen molar-refractivity contribution in [3.05, 3.63) is 41.6 Å². The van der Waals surface area contributed by atoms with E-state index in [-0.39, 0.29) is 22.7 Å². The Kier molecular flexibility index (Phi) is 7.02. The van der Waals surface area contributed by atoms with Crippen LogP contribution in [0.15, 0.2) is 35.4 Å². The van der Waals surface area contributed by atoms with E-state index in [1.165, 1.54) is 37.1 Å². The monoisotopic (exact) mass is 422 g/mol. The quantitative estimate of drug-likeness (QED) is 0.637. The molecule has 0 aliphatic heterocycles. The number of carboxylic acid groups (broad SMARTS) is 1. The number of rotatable bonds is 9. The Labute approximate surface area is 170 Å². The molecule has 29 heavy (non-hydrogen) atoms. The molecule has 2 rings (SSSR count). The van der Waals surface area contributed by atoms with Gasteiger partial charge in [0.25, 0.3) is 15.9 Å². The maximum absolute atomic E-state index is 13.0. The van der Waals surface area contributed by atoms with Gasteiger partial charge in [-0.3, -0.25) is 13.8 Å². The average Bonchev–Trinajstić information content (AvgIpc) is 3.05. The van der Waals surface area contributed by atoms with Crippen molar-refractivity contribution < 1.29 is 23.1 Å². The Balaban J connectivity index is 2.36. The topological polar surface area (TPSA) is 122 Å². The first-order chi connectivity index (χ1) is 13.6. The van der Waals surface area contributed by atoms with Crippen molar-refractivity contribution in [3.8, 4) is 0 Å². The van der Waals surface area contributed by atoms with E-state index >= 15 is 0 Å². The molecule has 0 spiro atoms. The fourth-order valence-corrected chi connectivity index (χ4v) is 4.09. The smallest absolute Gasteiger partial charge is 0.326 e. The molecule has 2 N–H and O–H groups in total. The number of carbonyl (C=O) groups is 2. The summed E-state index contributed by atoms with van der Waals surface area (Å²) in [6, 6.07) is 5.28. The lowest BCUT2D eigenvalue weighted by Gasteiger charge is -2.21. The molecule has 2 aromatic rings. The number of hydrogen-bond donors (Lipinski definition) is 2. The molecule has 0 aliphatic rings. The molecule has 1 aromatic carbocycles. The van der Waals surface area contributed by atoms with E-state index in [4.69, 9.17) is 0 Å². The van der Waals surface area contributed by atoms with Crippen LogP contribution < -0.4 is 9.62 Å². The molecule has 1 unspecified atom stereocenters. The van der Waals surface area contributed by atoms with Gasteiger partial charge in [-0.2, -0.15) is 5.10 Å². The number of hydrogen-bond acceptors (Lipinski definition) is 5. The lowest BCUT2D eigenvalue weighted by atomic mass is 10.1. The van der Waals surface area contributed by atoms with Crippen LogP contribution in [-0.4, -0.2) is 48.3 Å². The van der Waals surface area contributed by atoms with Crippen LogP contribution in [0.1, 0.15) is 42.1 Å². The maximum Gasteiger partial charge on any atom is 0.326 e. The molecular formula is C19H26N4O5S. The molecule has 0 bridgehead atoms. The average molecular weight is 423 g/mol. The highest BCUT2D eigenvalue weighted by molar-refractivity contribution is 7.92. The van der Waals surface area contributed by atoms with Gasteiger partial charge in [0, 0.05) is 14.1 Å². The highest BCUT2D eigenvalue weighted by Gasteiger charge is 2.30. The number of carboxylic acids is 1. The summed E-state index contributed by atoms with van der Waals surface area (Å²) >= 11 is 0. The van der Waals surface area contributed by atoms with Gasteiger partial charge in [0.2, 0.25) is 0 Å². The summed E-state index contributed by atoms with van der Waals surface area (Å²) in [5, 5.41) is 15.8. The molecule has 1 heterocycles. The van der Waals surface area contributed by atoms with E-state index in [1.807, 2.05) is 13.8 Å². The number of aliphatic carboxylic acids is 1. The van der Waals surface area contributed by atoms with Gasteiger partial charge in [-0.15, -0.1) is 0 Å². The first-order valence-corrected chi connectivity index (χ1v) is 10.6. The molecule has 1 amide bonds. The van der Waals surface area contributed by atoms with Gasteiger partial charge in [0.05, 0.1) is 11.1 Å². The van der Waals surface area contributed by atoms with Crippen LogP contribution in [-0.2, 0) is 21.9 Å². The zero-order valence-corrected chi connectivity index (χ0v) is 17.7. The summed E-state index contributed by atoms with van der Waals surface area (Å²) in [5.41, 5.74) is 0.896. The van der Waals surface area contributed by atoms with E-state index in [1.54, 1.807) is 12.1 Å². The summed E-state index contributed by atoms with van der Waals surface area (Å²) in [4.78, 5) is 24.2. The van der Waals surface area contributed by atoms with Crippen LogP contribution in [0.2, 0.25) is 0 Å². The van der Waals surface area contributed by atoms with Crippen LogP contribution >= 0.6 is 0 Å². The molecule has 9 nitrogen and oxygen atoms in total. The number of aryl methyl sites for hydroxylation is 2. The Morgan fingerprint density at radius 2 is 1.90 bits per heavy atom. The summed E-state index contributed by atoms with van der Waals surface area (Å²) in [6.45, 7) is 3.77. The number of carbonyl (C=O) groups excluding carboxylic acids is 1. The summed E-state index contributed by atoms with van der Waals surface area (Å²) in [6.07, 6.45) is 2.93. The fraction of sp³-hybridized carbons (Fsp3) is 0.421. The largest absolute Gasteiger partial charge is 0.480 e. The van der Waals surface area contributed by atoms with Crippen molar-refractivity contribution in [3.63, 3.8) is 0 Å². The Hall–Kier alpha value is -2.88. The van der Waals surface area contributed by atoms with Crippen LogP contribution in [0.5, 0.6) is 0 Å². The molecular weight excluding hydrogens is 396 g/mol. The highest BCUT2D eigenvalue weighted by Crippen LogP contribution is 2.25. The zero-order chi connectivity index (χ0) is 21.8. The molecule has 1 atom stereocenters.